The highest BCUT2D eigenvalue weighted by Crippen LogP contribution is 2.36. The molecule has 2 rings (SSSR count). The van der Waals surface area contributed by atoms with Crippen LogP contribution in [0.15, 0.2) is 60.7 Å². The largest absolute Gasteiger partial charge is 0.470 e. The summed E-state index contributed by atoms with van der Waals surface area (Å²) in [6.45, 7) is 8.23. The third kappa shape index (κ3) is 4.87. The van der Waals surface area contributed by atoms with E-state index >= 15 is 0 Å². The van der Waals surface area contributed by atoms with Crippen LogP contribution in [0.1, 0.15) is 27.7 Å². The zero-order valence-corrected chi connectivity index (χ0v) is 18.9. The Labute approximate surface area is 174 Å². The summed E-state index contributed by atoms with van der Waals surface area (Å²) in [7, 11) is -1.42. The average molecular weight is 417 g/mol. The van der Waals surface area contributed by atoms with Crippen molar-refractivity contribution in [2.24, 2.45) is 0 Å². The Morgan fingerprint density at radius 3 is 1.82 bits per heavy atom. The topological polar surface area (TPSA) is 44.8 Å². The van der Waals surface area contributed by atoms with Crippen molar-refractivity contribution in [3.63, 3.8) is 0 Å². The number of hydrogen-bond acceptors (Lipinski definition) is 5. The van der Waals surface area contributed by atoms with Crippen molar-refractivity contribution in [2.45, 2.75) is 38.8 Å². The van der Waals surface area contributed by atoms with Crippen LogP contribution in [0.4, 0.5) is 0 Å². The van der Waals surface area contributed by atoms with E-state index in [0.29, 0.717) is 0 Å². The van der Waals surface area contributed by atoms with Gasteiger partial charge in [-0.25, -0.2) is 4.79 Å². The molecule has 0 saturated carbocycles. The van der Waals surface area contributed by atoms with Gasteiger partial charge < -0.3 is 13.9 Å². The standard InChI is InChI=1S/C22H28O4SSi/c1-17(27)26-20(21(23)24-5)16-25-28(22(2,3)4,18-12-8-6-9-13-18)19-14-10-7-11-15-19/h6-15,20H,16H2,1-5H3. The van der Waals surface area contributed by atoms with Crippen LogP contribution in [-0.4, -0.2) is 39.2 Å². The second-order valence-corrected chi connectivity index (χ2v) is 12.5. The number of hydrogen-bond donors (Lipinski definition) is 0. The number of thiocarbonyl (C=S) groups is 1. The maximum atomic E-state index is 12.2. The van der Waals surface area contributed by atoms with E-state index in [1.165, 1.54) is 7.11 Å². The van der Waals surface area contributed by atoms with Crippen LogP contribution in [0.3, 0.4) is 0 Å². The fraction of sp³-hybridized carbons (Fsp3) is 0.364. The molecule has 0 radical (unpaired) electrons. The van der Waals surface area contributed by atoms with Crippen molar-refractivity contribution in [3.05, 3.63) is 60.7 Å². The lowest BCUT2D eigenvalue weighted by Crippen LogP contribution is -2.67. The number of ether oxygens (including phenoxy) is 2. The molecule has 0 spiro atoms. The fourth-order valence-electron chi connectivity index (χ4n) is 3.44. The lowest BCUT2D eigenvalue weighted by atomic mass is 10.2. The first-order chi connectivity index (χ1) is 13.2. The molecule has 0 saturated heterocycles. The van der Waals surface area contributed by atoms with Crippen molar-refractivity contribution in [3.8, 4) is 0 Å². The SMILES string of the molecule is COC(=O)C(CO[Si](c1ccccc1)(c1ccccc1)C(C)(C)C)OC(C)=S. The van der Waals surface area contributed by atoms with Crippen LogP contribution < -0.4 is 10.4 Å². The highest BCUT2D eigenvalue weighted by atomic mass is 32.1. The van der Waals surface area contributed by atoms with Gasteiger partial charge in [0.2, 0.25) is 6.10 Å². The third-order valence-electron chi connectivity index (χ3n) is 4.64. The lowest BCUT2D eigenvalue weighted by molar-refractivity contribution is -0.150. The molecule has 0 heterocycles. The van der Waals surface area contributed by atoms with E-state index in [1.807, 2.05) is 36.4 Å². The second kappa shape index (κ2) is 9.45. The van der Waals surface area contributed by atoms with E-state index in [-0.39, 0.29) is 16.7 Å². The summed E-state index contributed by atoms with van der Waals surface area (Å²) in [4.78, 5) is 12.2. The molecule has 0 amide bonds. The summed E-state index contributed by atoms with van der Waals surface area (Å²) in [6.07, 6.45) is -0.899. The molecule has 0 aliphatic carbocycles. The molecule has 0 N–H and O–H groups in total. The Kier molecular flexibility index (Phi) is 7.52. The maximum absolute atomic E-state index is 12.2. The molecule has 0 fully saturated rings. The van der Waals surface area contributed by atoms with Gasteiger partial charge in [-0.05, 0) is 27.6 Å². The molecule has 4 nitrogen and oxygen atoms in total. The minimum absolute atomic E-state index is 0.0634. The first-order valence-electron chi connectivity index (χ1n) is 9.22. The summed E-state index contributed by atoms with van der Waals surface area (Å²) in [6, 6.07) is 20.5. The smallest absolute Gasteiger partial charge is 0.349 e. The molecule has 0 bridgehead atoms. The van der Waals surface area contributed by atoms with Crippen molar-refractivity contribution in [1.29, 1.82) is 0 Å². The second-order valence-electron chi connectivity index (χ2n) is 7.60. The molecule has 0 aliphatic heterocycles. The molecule has 28 heavy (non-hydrogen) atoms. The van der Waals surface area contributed by atoms with Crippen LogP contribution in [0.2, 0.25) is 5.04 Å². The Morgan fingerprint density at radius 1 is 1.00 bits per heavy atom. The van der Waals surface area contributed by atoms with Gasteiger partial charge in [0.05, 0.1) is 13.7 Å². The highest BCUT2D eigenvalue weighted by molar-refractivity contribution is 7.80. The molecule has 1 unspecified atom stereocenters. The quantitative estimate of drug-likeness (QED) is 0.393. The minimum Gasteiger partial charge on any atom is -0.470 e. The van der Waals surface area contributed by atoms with Crippen molar-refractivity contribution < 1.29 is 18.7 Å². The zero-order chi connectivity index (χ0) is 20.8. The van der Waals surface area contributed by atoms with E-state index in [0.717, 1.165) is 10.4 Å². The van der Waals surface area contributed by atoms with Gasteiger partial charge in [-0.3, -0.25) is 0 Å². The summed E-state index contributed by atoms with van der Waals surface area (Å²) in [5, 5.41) is 2.36. The molecule has 0 aliphatic rings. The summed E-state index contributed by atoms with van der Waals surface area (Å²) in [5.74, 6) is -0.498. The molecule has 0 aromatic heterocycles. The first kappa shape index (κ1) is 22.3. The normalized spacial score (nSPS) is 12.9. The zero-order valence-electron chi connectivity index (χ0n) is 17.1. The highest BCUT2D eigenvalue weighted by Gasteiger charge is 2.50. The Bertz CT molecular complexity index is 748. The Hall–Kier alpha value is -2.02. The number of methoxy groups -OCH3 is 1. The van der Waals surface area contributed by atoms with E-state index in [2.05, 4.69) is 45.0 Å². The van der Waals surface area contributed by atoms with E-state index in [4.69, 9.17) is 26.1 Å². The first-order valence-corrected chi connectivity index (χ1v) is 11.5. The van der Waals surface area contributed by atoms with Crippen LogP contribution >= 0.6 is 12.2 Å². The summed E-state index contributed by atoms with van der Waals surface area (Å²) < 4.78 is 17.1. The van der Waals surface area contributed by atoms with Crippen molar-refractivity contribution >= 4 is 41.9 Å². The summed E-state index contributed by atoms with van der Waals surface area (Å²) >= 11 is 5.03. The lowest BCUT2D eigenvalue weighted by Gasteiger charge is -2.43. The molecule has 2 aromatic carbocycles. The Morgan fingerprint density at radius 2 is 1.46 bits per heavy atom. The maximum Gasteiger partial charge on any atom is 0.349 e. The van der Waals surface area contributed by atoms with Crippen LogP contribution in [0.25, 0.3) is 0 Å². The summed E-state index contributed by atoms with van der Waals surface area (Å²) in [5.41, 5.74) is 0. The van der Waals surface area contributed by atoms with Crippen LogP contribution in [-0.2, 0) is 18.7 Å². The number of rotatable bonds is 7. The van der Waals surface area contributed by atoms with Crippen molar-refractivity contribution in [1.82, 2.24) is 0 Å². The Balaban J connectivity index is 2.55. The predicted molar refractivity (Wildman–Crippen MR) is 119 cm³/mol. The molecule has 150 valence electrons. The van der Waals surface area contributed by atoms with Crippen LogP contribution in [0.5, 0.6) is 0 Å². The van der Waals surface area contributed by atoms with Gasteiger partial charge >= 0.3 is 5.97 Å². The van der Waals surface area contributed by atoms with E-state index in [1.54, 1.807) is 6.92 Å². The molecule has 1 atom stereocenters. The average Bonchev–Trinajstić information content (AvgIpc) is 2.67. The monoisotopic (exact) mass is 416 g/mol. The molecule has 6 heteroatoms. The van der Waals surface area contributed by atoms with Gasteiger partial charge in [0.15, 0.2) is 5.05 Å². The van der Waals surface area contributed by atoms with Crippen LogP contribution in [0, 0.1) is 0 Å². The van der Waals surface area contributed by atoms with Gasteiger partial charge in [0.25, 0.3) is 8.32 Å². The van der Waals surface area contributed by atoms with Crippen molar-refractivity contribution in [2.75, 3.05) is 13.7 Å². The third-order valence-corrected chi connectivity index (χ3v) is 9.74. The molecular formula is C22H28O4SSi. The fourth-order valence-corrected chi connectivity index (χ4v) is 8.12. The van der Waals surface area contributed by atoms with Gasteiger partial charge in [-0.2, -0.15) is 0 Å². The molecule has 2 aromatic rings. The van der Waals surface area contributed by atoms with Gasteiger partial charge in [-0.1, -0.05) is 81.4 Å². The number of carbonyl (C=O) groups is 1. The number of benzene rings is 2. The number of esters is 1. The minimum atomic E-state index is -2.75. The van der Waals surface area contributed by atoms with E-state index < -0.39 is 20.4 Å². The number of carbonyl (C=O) groups excluding carboxylic acids is 1. The van der Waals surface area contributed by atoms with Gasteiger partial charge in [0.1, 0.15) is 0 Å². The van der Waals surface area contributed by atoms with Gasteiger partial charge in [0, 0.05) is 6.92 Å². The van der Waals surface area contributed by atoms with Gasteiger partial charge in [-0.15, -0.1) is 0 Å². The van der Waals surface area contributed by atoms with E-state index in [9.17, 15) is 4.79 Å². The molecular weight excluding hydrogens is 388 g/mol. The predicted octanol–water partition coefficient (Wildman–Crippen LogP) is 3.47.